The first-order valence-electron chi connectivity index (χ1n) is 9.92. The van der Waals surface area contributed by atoms with Crippen LogP contribution in [0.15, 0.2) is 35.9 Å². The van der Waals surface area contributed by atoms with Crippen molar-refractivity contribution in [2.45, 2.75) is 32.3 Å². The zero-order chi connectivity index (χ0) is 19.3. The predicted molar refractivity (Wildman–Crippen MR) is 114 cm³/mol. The fourth-order valence-electron chi connectivity index (χ4n) is 4.60. The number of hydrogen-bond donors (Lipinski definition) is 1. The molecule has 0 aromatic heterocycles. The van der Waals surface area contributed by atoms with Gasteiger partial charge in [-0.05, 0) is 38.0 Å². The van der Waals surface area contributed by atoms with Crippen LogP contribution in [0.4, 0.5) is 0 Å². The van der Waals surface area contributed by atoms with Crippen molar-refractivity contribution in [1.82, 2.24) is 9.80 Å². The van der Waals surface area contributed by atoms with Gasteiger partial charge in [0, 0.05) is 38.1 Å². The van der Waals surface area contributed by atoms with Crippen molar-refractivity contribution < 1.29 is 9.90 Å². The molecule has 3 rings (SSSR count). The molecule has 2 atom stereocenters. The lowest BCUT2D eigenvalue weighted by molar-refractivity contribution is -0.138. The number of carbonyl (C=O) groups is 1. The Hall–Kier alpha value is -1.30. The van der Waals surface area contributed by atoms with E-state index in [4.69, 9.17) is 0 Å². The first-order valence-corrected chi connectivity index (χ1v) is 11.3. The zero-order valence-corrected chi connectivity index (χ0v) is 17.4. The van der Waals surface area contributed by atoms with Gasteiger partial charge in [-0.1, -0.05) is 42.0 Å². The maximum absolute atomic E-state index is 12.4. The number of rotatable bonds is 5. The highest BCUT2D eigenvalue weighted by Gasteiger charge is 2.46. The van der Waals surface area contributed by atoms with E-state index >= 15 is 0 Å². The summed E-state index contributed by atoms with van der Waals surface area (Å²) in [5.41, 5.74) is 2.39. The molecule has 4 nitrogen and oxygen atoms in total. The van der Waals surface area contributed by atoms with Gasteiger partial charge in [-0.25, -0.2) is 0 Å². The van der Waals surface area contributed by atoms with E-state index in [0.29, 0.717) is 12.3 Å². The number of amides is 1. The van der Waals surface area contributed by atoms with E-state index in [1.807, 2.05) is 17.2 Å². The fraction of sp³-hybridized carbons (Fsp3) is 0.591. The summed E-state index contributed by atoms with van der Waals surface area (Å²) in [5.74, 6) is 0.750. The molecule has 1 N–H and O–H groups in total. The molecule has 1 aromatic carbocycles. The summed E-state index contributed by atoms with van der Waals surface area (Å²) in [5, 5.41) is 10.8. The Morgan fingerprint density at radius 2 is 2.07 bits per heavy atom. The van der Waals surface area contributed by atoms with Crippen LogP contribution in [0.1, 0.15) is 31.7 Å². The third kappa shape index (κ3) is 5.15. The summed E-state index contributed by atoms with van der Waals surface area (Å²) in [4.78, 5) is 16.8. The molecule has 2 fully saturated rings. The van der Waals surface area contributed by atoms with Crippen LogP contribution >= 0.6 is 11.8 Å². The minimum Gasteiger partial charge on any atom is -0.392 e. The molecular formula is C22H32N2O2S. The van der Waals surface area contributed by atoms with Gasteiger partial charge in [0.1, 0.15) is 0 Å². The maximum atomic E-state index is 12.4. The van der Waals surface area contributed by atoms with Crippen molar-refractivity contribution in [2.24, 2.45) is 5.41 Å². The Bertz CT molecular complexity index is 664. The van der Waals surface area contributed by atoms with Gasteiger partial charge in [-0.3, -0.25) is 9.69 Å². The lowest BCUT2D eigenvalue weighted by atomic mass is 9.71. The van der Waals surface area contributed by atoms with Gasteiger partial charge >= 0.3 is 0 Å². The van der Waals surface area contributed by atoms with E-state index in [0.717, 1.165) is 45.4 Å². The van der Waals surface area contributed by atoms with Crippen LogP contribution in [0.3, 0.4) is 0 Å². The van der Waals surface area contributed by atoms with E-state index in [9.17, 15) is 9.90 Å². The molecule has 0 unspecified atom stereocenters. The molecule has 148 valence electrons. The highest BCUT2D eigenvalue weighted by atomic mass is 32.2. The van der Waals surface area contributed by atoms with Crippen molar-refractivity contribution in [2.75, 3.05) is 44.7 Å². The lowest BCUT2D eigenvalue weighted by Gasteiger charge is -2.51. The molecule has 0 radical (unpaired) electrons. The van der Waals surface area contributed by atoms with Gasteiger partial charge in [0.25, 0.3) is 0 Å². The first kappa shape index (κ1) is 20.4. The molecule has 27 heavy (non-hydrogen) atoms. The van der Waals surface area contributed by atoms with Crippen LogP contribution in [0, 0.1) is 5.41 Å². The molecule has 5 heteroatoms. The molecule has 1 amide bonds. The molecule has 2 saturated heterocycles. The quantitative estimate of drug-likeness (QED) is 0.842. The lowest BCUT2D eigenvalue weighted by Crippen LogP contribution is -2.60. The van der Waals surface area contributed by atoms with Crippen LogP contribution in [0.2, 0.25) is 0 Å². The predicted octanol–water partition coefficient (Wildman–Crippen LogP) is 3.13. The highest BCUT2D eigenvalue weighted by Crippen LogP contribution is 2.39. The number of nitrogens with zero attached hydrogens (tertiary/aromatic N) is 2. The summed E-state index contributed by atoms with van der Waals surface area (Å²) < 4.78 is 0. The second kappa shape index (κ2) is 9.26. The largest absolute Gasteiger partial charge is 0.392 e. The molecule has 0 saturated carbocycles. The zero-order valence-electron chi connectivity index (χ0n) is 16.6. The van der Waals surface area contributed by atoms with E-state index in [1.165, 1.54) is 11.1 Å². The number of hydrogen-bond acceptors (Lipinski definition) is 4. The average molecular weight is 389 g/mol. The third-order valence-corrected chi connectivity index (χ3v) is 6.41. The minimum atomic E-state index is -0.308. The summed E-state index contributed by atoms with van der Waals surface area (Å²) in [6, 6.07) is 10.4. The third-order valence-electron chi connectivity index (χ3n) is 5.88. The van der Waals surface area contributed by atoms with E-state index in [1.54, 1.807) is 11.8 Å². The van der Waals surface area contributed by atoms with Crippen molar-refractivity contribution in [3.63, 3.8) is 0 Å². The number of benzene rings is 1. The van der Waals surface area contributed by atoms with Gasteiger partial charge < -0.3 is 10.0 Å². The normalized spacial score (nSPS) is 27.1. The van der Waals surface area contributed by atoms with Crippen LogP contribution in [0.25, 0.3) is 6.08 Å². The van der Waals surface area contributed by atoms with Crippen LogP contribution < -0.4 is 0 Å². The number of likely N-dealkylation sites (tertiary alicyclic amines) is 2. The Balaban J connectivity index is 1.66. The Labute approximate surface area is 167 Å². The van der Waals surface area contributed by atoms with Gasteiger partial charge in [-0.2, -0.15) is 11.8 Å². The van der Waals surface area contributed by atoms with Gasteiger partial charge in [0.15, 0.2) is 0 Å². The minimum absolute atomic E-state index is 0.169. The molecular weight excluding hydrogens is 356 g/mol. The topological polar surface area (TPSA) is 43.8 Å². The van der Waals surface area contributed by atoms with Gasteiger partial charge in [0.05, 0.1) is 11.9 Å². The summed E-state index contributed by atoms with van der Waals surface area (Å²) >= 11 is 1.58. The fourth-order valence-corrected chi connectivity index (χ4v) is 5.03. The molecule has 0 aliphatic carbocycles. The molecule has 2 heterocycles. The molecule has 1 aromatic rings. The van der Waals surface area contributed by atoms with E-state index < -0.39 is 0 Å². The summed E-state index contributed by atoms with van der Waals surface area (Å²) in [6.45, 7) is 6.42. The summed E-state index contributed by atoms with van der Waals surface area (Å²) in [6.07, 6.45) is 6.70. The number of carbonyl (C=O) groups excluding carboxylic acids is 1. The first-order chi connectivity index (χ1) is 13.0. The van der Waals surface area contributed by atoms with Crippen molar-refractivity contribution in [3.05, 3.63) is 41.5 Å². The number of aliphatic hydroxyl groups is 1. The van der Waals surface area contributed by atoms with Crippen molar-refractivity contribution in [3.8, 4) is 0 Å². The van der Waals surface area contributed by atoms with Crippen LogP contribution in [-0.4, -0.2) is 71.6 Å². The van der Waals surface area contributed by atoms with Gasteiger partial charge in [-0.15, -0.1) is 0 Å². The monoisotopic (exact) mass is 388 g/mol. The average Bonchev–Trinajstić information content (AvgIpc) is 2.66. The highest BCUT2D eigenvalue weighted by molar-refractivity contribution is 7.99. The number of thioether (sulfide) groups is 1. The van der Waals surface area contributed by atoms with E-state index in [2.05, 4.69) is 42.2 Å². The molecule has 1 spiro atoms. The Morgan fingerprint density at radius 3 is 2.81 bits per heavy atom. The second-order valence-electron chi connectivity index (χ2n) is 8.13. The maximum Gasteiger partial charge on any atom is 0.232 e. The summed E-state index contributed by atoms with van der Waals surface area (Å²) in [7, 11) is 0. The van der Waals surface area contributed by atoms with E-state index in [-0.39, 0.29) is 17.4 Å². The molecule has 2 aliphatic heterocycles. The van der Waals surface area contributed by atoms with Gasteiger partial charge in [0.2, 0.25) is 5.91 Å². The standard InChI is InChI=1S/C22H32N2O2S/c1-18(13-19-7-4-3-5-8-19)14-23-12-9-20(25)22(16-23)10-6-11-24(17-22)21(26)15-27-2/h3-5,7-8,13,20,25H,6,9-12,14-17H2,1-2H3/b18-13+/t20-,22-/m1/s1. The van der Waals surface area contributed by atoms with Crippen LogP contribution in [0.5, 0.6) is 0 Å². The Morgan fingerprint density at radius 1 is 1.30 bits per heavy atom. The SMILES string of the molecule is CSCC(=O)N1CCC[C@@]2(CN(C/C(C)=C/c3ccccc3)CC[C@H]2O)C1. The Kier molecular flexibility index (Phi) is 7.01. The second-order valence-corrected chi connectivity index (χ2v) is 9.00. The number of piperidine rings is 2. The van der Waals surface area contributed by atoms with Crippen molar-refractivity contribution in [1.29, 1.82) is 0 Å². The molecule has 2 aliphatic rings. The smallest absolute Gasteiger partial charge is 0.232 e. The number of aliphatic hydroxyl groups excluding tert-OH is 1. The van der Waals surface area contributed by atoms with Crippen molar-refractivity contribution >= 4 is 23.7 Å². The molecule has 0 bridgehead atoms. The van der Waals surface area contributed by atoms with Crippen LogP contribution in [-0.2, 0) is 4.79 Å².